The van der Waals surface area contributed by atoms with E-state index >= 15 is 0 Å². The van der Waals surface area contributed by atoms with Crippen LogP contribution in [0.1, 0.15) is 55.4 Å². The Morgan fingerprint density at radius 3 is 1.06 bits per heavy atom. The Morgan fingerprint density at radius 2 is 0.806 bits per heavy atom. The fraction of sp³-hybridized carbons (Fsp3) is 0.500. The lowest BCUT2D eigenvalue weighted by atomic mass is 9.78. The number of rotatable bonds is 4. The predicted octanol–water partition coefficient (Wildman–Crippen LogP) is 3.79. The highest BCUT2D eigenvalue weighted by molar-refractivity contribution is 6.64. The molecule has 0 unspecified atom stereocenters. The molecule has 0 spiro atoms. The lowest BCUT2D eigenvalue weighted by Gasteiger charge is -2.32. The first kappa shape index (κ1) is 27.8. The minimum absolute atomic E-state index is 0.0241. The smallest absolute Gasteiger partial charge is 0.399 e. The van der Waals surface area contributed by atoms with Gasteiger partial charge in [-0.3, -0.25) is 20.2 Å². The molecule has 0 saturated carbocycles. The van der Waals surface area contributed by atoms with Crippen molar-refractivity contribution < 1.29 is 28.5 Å². The zero-order chi connectivity index (χ0) is 27.1. The minimum Gasteiger partial charge on any atom is -0.399 e. The molecule has 2 fully saturated rings. The van der Waals surface area contributed by atoms with Crippen LogP contribution >= 0.6 is 0 Å². The second-order valence-electron chi connectivity index (χ2n) is 10.8. The van der Waals surface area contributed by atoms with Crippen molar-refractivity contribution >= 4 is 36.5 Å². The van der Waals surface area contributed by atoms with Crippen LogP contribution in [0.4, 0.5) is 11.4 Å². The van der Waals surface area contributed by atoms with Crippen molar-refractivity contribution in [2.24, 2.45) is 0 Å². The molecule has 192 valence electrons. The van der Waals surface area contributed by atoms with Crippen LogP contribution in [0, 0.1) is 20.2 Å². The minimum atomic E-state index is -0.698. The summed E-state index contributed by atoms with van der Waals surface area (Å²) < 4.78 is 23.3. The maximum atomic E-state index is 11.0. The number of nitro benzene ring substituents is 2. The van der Waals surface area contributed by atoms with Gasteiger partial charge < -0.3 is 18.6 Å². The summed E-state index contributed by atoms with van der Waals surface area (Å²) in [6.07, 6.45) is 0. The maximum absolute atomic E-state index is 11.0. The molecule has 0 amide bonds. The molecule has 0 aromatic heterocycles. The first-order valence-corrected chi connectivity index (χ1v) is 11.7. The molecule has 0 N–H and O–H groups in total. The van der Waals surface area contributed by atoms with Gasteiger partial charge in [0.25, 0.3) is 11.4 Å². The van der Waals surface area contributed by atoms with Gasteiger partial charge in [0.2, 0.25) is 0 Å². The Balaban J connectivity index is 0.000000201. The number of benzene rings is 2. The number of para-hydroxylation sites is 2. The molecule has 2 aromatic carbocycles. The first-order chi connectivity index (χ1) is 16.5. The summed E-state index contributed by atoms with van der Waals surface area (Å²) >= 11 is 0. The summed E-state index contributed by atoms with van der Waals surface area (Å²) in [5, 5.41) is 22.0. The van der Waals surface area contributed by atoms with Gasteiger partial charge in [-0.05, 0) is 55.4 Å². The molecular weight excluding hydrogens is 466 g/mol. The van der Waals surface area contributed by atoms with Crippen LogP contribution < -0.4 is 10.9 Å². The monoisotopic (exact) mass is 498 g/mol. The fourth-order valence-electron chi connectivity index (χ4n) is 3.65. The third-order valence-electron chi connectivity index (χ3n) is 7.28. The average molecular weight is 498 g/mol. The van der Waals surface area contributed by atoms with Crippen LogP contribution in [-0.2, 0) is 18.6 Å². The van der Waals surface area contributed by atoms with E-state index in [-0.39, 0.29) is 11.4 Å². The first-order valence-electron chi connectivity index (χ1n) is 11.7. The van der Waals surface area contributed by atoms with E-state index in [0.717, 1.165) is 0 Å². The standard InChI is InChI=1S/2C12H16BNO4/c2*1-11(2)12(3,4)18-13(17-11)9-7-5-6-8-10(9)14(15)16/h2*5-8H,1-4H3. The van der Waals surface area contributed by atoms with Gasteiger partial charge in [-0.1, -0.05) is 36.4 Å². The molecule has 10 nitrogen and oxygen atoms in total. The van der Waals surface area contributed by atoms with Gasteiger partial charge >= 0.3 is 14.2 Å². The van der Waals surface area contributed by atoms with Crippen molar-refractivity contribution in [3.8, 4) is 0 Å². The number of nitrogens with zero attached hydrogens (tertiary/aromatic N) is 2. The van der Waals surface area contributed by atoms with Crippen LogP contribution in [0.15, 0.2) is 48.5 Å². The molecule has 0 atom stereocenters. The van der Waals surface area contributed by atoms with Crippen molar-refractivity contribution in [2.45, 2.75) is 77.8 Å². The van der Waals surface area contributed by atoms with Gasteiger partial charge in [0, 0.05) is 12.1 Å². The van der Waals surface area contributed by atoms with E-state index in [2.05, 4.69) is 0 Å². The van der Waals surface area contributed by atoms with Crippen LogP contribution in [0.5, 0.6) is 0 Å². The van der Waals surface area contributed by atoms with Crippen molar-refractivity contribution in [1.82, 2.24) is 0 Å². The highest BCUT2D eigenvalue weighted by Gasteiger charge is 2.54. The Bertz CT molecular complexity index is 1030. The Hall–Kier alpha value is -2.79. The van der Waals surface area contributed by atoms with Crippen molar-refractivity contribution in [1.29, 1.82) is 0 Å². The lowest BCUT2D eigenvalue weighted by molar-refractivity contribution is -0.383. The molecule has 12 heteroatoms. The van der Waals surface area contributed by atoms with Crippen molar-refractivity contribution in [3.63, 3.8) is 0 Å². The quantitative estimate of drug-likeness (QED) is 0.355. The van der Waals surface area contributed by atoms with Crippen LogP contribution in [-0.4, -0.2) is 46.5 Å². The highest BCUT2D eigenvalue weighted by atomic mass is 16.7. The van der Waals surface area contributed by atoms with E-state index in [1.165, 1.54) is 12.1 Å². The zero-order valence-electron chi connectivity index (χ0n) is 21.9. The van der Waals surface area contributed by atoms with Gasteiger partial charge in [-0.2, -0.15) is 0 Å². The molecule has 0 bridgehead atoms. The maximum Gasteiger partial charge on any atom is 0.501 e. The van der Waals surface area contributed by atoms with Gasteiger partial charge in [-0.25, -0.2) is 0 Å². The molecule has 4 rings (SSSR count). The second kappa shape index (κ2) is 9.59. The predicted molar refractivity (Wildman–Crippen MR) is 138 cm³/mol. The van der Waals surface area contributed by atoms with E-state index in [0.29, 0.717) is 10.9 Å². The highest BCUT2D eigenvalue weighted by Crippen LogP contribution is 2.38. The molecule has 36 heavy (non-hydrogen) atoms. The van der Waals surface area contributed by atoms with Crippen LogP contribution in [0.3, 0.4) is 0 Å². The van der Waals surface area contributed by atoms with E-state index in [9.17, 15) is 20.2 Å². The topological polar surface area (TPSA) is 123 Å². The van der Waals surface area contributed by atoms with Crippen molar-refractivity contribution in [3.05, 3.63) is 68.8 Å². The summed E-state index contributed by atoms with van der Waals surface area (Å²) in [7, 11) is -1.40. The molecule has 2 heterocycles. The van der Waals surface area contributed by atoms with Gasteiger partial charge in [0.05, 0.1) is 43.2 Å². The Kier molecular flexibility index (Phi) is 7.40. The third kappa shape index (κ3) is 5.31. The summed E-state index contributed by atoms with van der Waals surface area (Å²) in [4.78, 5) is 21.2. The fourth-order valence-corrected chi connectivity index (χ4v) is 3.65. The van der Waals surface area contributed by atoms with Gasteiger partial charge in [0.15, 0.2) is 0 Å². The molecular formula is C24H32B2N2O8. The third-order valence-corrected chi connectivity index (χ3v) is 7.28. The normalized spacial score (nSPS) is 21.0. The van der Waals surface area contributed by atoms with E-state index in [1.54, 1.807) is 36.4 Å². The molecule has 0 aliphatic carbocycles. The number of hydrogen-bond donors (Lipinski definition) is 0. The van der Waals surface area contributed by atoms with E-state index < -0.39 is 46.5 Å². The molecule has 2 aliphatic heterocycles. The van der Waals surface area contributed by atoms with E-state index in [4.69, 9.17) is 18.6 Å². The number of hydrogen-bond acceptors (Lipinski definition) is 8. The van der Waals surface area contributed by atoms with Gasteiger partial charge in [-0.15, -0.1) is 0 Å². The Morgan fingerprint density at radius 1 is 0.556 bits per heavy atom. The SMILES string of the molecule is CC1(C)OB(c2ccccc2[N+](=O)[O-])OC1(C)C.CC1(C)OB(c2ccccc2[N+](=O)[O-])OC1(C)C. The van der Waals surface area contributed by atoms with E-state index in [1.807, 2.05) is 55.4 Å². The summed E-state index contributed by atoms with van der Waals surface area (Å²) in [5.41, 5.74) is -1.03. The zero-order valence-corrected chi connectivity index (χ0v) is 21.9. The lowest BCUT2D eigenvalue weighted by Crippen LogP contribution is -2.41. The average Bonchev–Trinajstić information content (AvgIpc) is 3.13. The summed E-state index contributed by atoms with van der Waals surface area (Å²) in [6, 6.07) is 13.0. The van der Waals surface area contributed by atoms with Gasteiger partial charge in [0.1, 0.15) is 0 Å². The van der Waals surface area contributed by atoms with Crippen LogP contribution in [0.2, 0.25) is 0 Å². The second-order valence-corrected chi connectivity index (χ2v) is 10.8. The number of nitro groups is 2. The summed E-state index contributed by atoms with van der Waals surface area (Å²) in [5.74, 6) is 0. The largest absolute Gasteiger partial charge is 0.501 e. The Labute approximate surface area is 211 Å². The summed E-state index contributed by atoms with van der Waals surface area (Å²) in [6.45, 7) is 15.3. The molecule has 2 saturated heterocycles. The van der Waals surface area contributed by atoms with Crippen LogP contribution in [0.25, 0.3) is 0 Å². The molecule has 0 radical (unpaired) electrons. The van der Waals surface area contributed by atoms with Crippen molar-refractivity contribution in [2.75, 3.05) is 0 Å². The molecule has 2 aromatic rings. The molecule has 2 aliphatic rings.